The van der Waals surface area contributed by atoms with Crippen molar-refractivity contribution in [2.45, 2.75) is 51.1 Å². The monoisotopic (exact) mass is 315 g/mol. The third-order valence-corrected chi connectivity index (χ3v) is 4.16. The molecule has 96 valence electrons. The molecule has 1 aromatic rings. The molecule has 0 unspecified atom stereocenters. The molecule has 0 saturated heterocycles. The quantitative estimate of drug-likeness (QED) is 0.571. The summed E-state index contributed by atoms with van der Waals surface area (Å²) in [4.78, 5) is 1.40. The predicted molar refractivity (Wildman–Crippen MR) is 81.7 cm³/mol. The first-order chi connectivity index (χ1) is 8.13. The maximum atomic E-state index is 3.55. The smallest absolute Gasteiger partial charge is 0.0218 e. The van der Waals surface area contributed by atoms with Crippen LogP contribution in [0.2, 0.25) is 0 Å². The molecule has 0 atom stereocenters. The van der Waals surface area contributed by atoms with Gasteiger partial charge in [0.15, 0.2) is 0 Å². The molecule has 0 amide bonds. The second-order valence-corrected chi connectivity index (χ2v) is 6.54. The van der Waals surface area contributed by atoms with Crippen LogP contribution in [0.15, 0.2) is 27.6 Å². The molecular weight excluding hydrogens is 294 g/mol. The molecule has 0 bridgehead atoms. The minimum absolute atomic E-state index is 0.534. The molecule has 0 radical (unpaired) electrons. The molecule has 1 rings (SSSR count). The van der Waals surface area contributed by atoms with E-state index in [2.05, 4.69) is 60.2 Å². The predicted octanol–water partition coefficient (Wildman–Crippen LogP) is 4.84. The van der Waals surface area contributed by atoms with Crippen LogP contribution in [0.4, 0.5) is 0 Å². The number of halogens is 1. The number of thioether (sulfide) groups is 1. The Bertz CT molecular complexity index is 339. The normalized spacial score (nSPS) is 11.1. The number of unbranched alkanes of at least 4 members (excludes halogenated alkanes) is 1. The molecular formula is C14H22BrNS. The van der Waals surface area contributed by atoms with Crippen molar-refractivity contribution in [3.63, 3.8) is 0 Å². The van der Waals surface area contributed by atoms with Gasteiger partial charge in [-0.2, -0.15) is 0 Å². The van der Waals surface area contributed by atoms with Crippen molar-refractivity contribution >= 4 is 27.7 Å². The van der Waals surface area contributed by atoms with Crippen LogP contribution in [0.5, 0.6) is 0 Å². The summed E-state index contributed by atoms with van der Waals surface area (Å²) < 4.78 is 1.17. The SMILES string of the molecule is CCCCSc1cc(Br)ccc1CNC(C)C. The Balaban J connectivity index is 2.66. The van der Waals surface area contributed by atoms with E-state index >= 15 is 0 Å². The molecule has 1 N–H and O–H groups in total. The third-order valence-electron chi connectivity index (χ3n) is 2.49. The summed E-state index contributed by atoms with van der Waals surface area (Å²) >= 11 is 5.52. The Labute approximate surface area is 118 Å². The van der Waals surface area contributed by atoms with Gasteiger partial charge in [0.25, 0.3) is 0 Å². The second kappa shape index (κ2) is 8.17. The van der Waals surface area contributed by atoms with Crippen molar-refractivity contribution in [2.75, 3.05) is 5.75 Å². The van der Waals surface area contributed by atoms with E-state index in [0.29, 0.717) is 6.04 Å². The van der Waals surface area contributed by atoms with E-state index in [1.165, 1.54) is 33.5 Å². The van der Waals surface area contributed by atoms with E-state index in [9.17, 15) is 0 Å². The van der Waals surface area contributed by atoms with Crippen molar-refractivity contribution in [3.05, 3.63) is 28.2 Å². The number of hydrogen-bond donors (Lipinski definition) is 1. The summed E-state index contributed by atoms with van der Waals surface area (Å²) in [7, 11) is 0. The Morgan fingerprint density at radius 2 is 2.12 bits per heavy atom. The molecule has 0 heterocycles. The highest BCUT2D eigenvalue weighted by Gasteiger charge is 2.04. The Morgan fingerprint density at radius 3 is 2.76 bits per heavy atom. The van der Waals surface area contributed by atoms with Crippen molar-refractivity contribution in [2.24, 2.45) is 0 Å². The zero-order valence-corrected chi connectivity index (χ0v) is 13.3. The van der Waals surface area contributed by atoms with Crippen LogP contribution in [-0.4, -0.2) is 11.8 Å². The molecule has 0 aromatic heterocycles. The van der Waals surface area contributed by atoms with Gasteiger partial charge in [-0.25, -0.2) is 0 Å². The van der Waals surface area contributed by atoms with Crippen LogP contribution in [0, 0.1) is 0 Å². The van der Waals surface area contributed by atoms with E-state index in [1.807, 2.05) is 11.8 Å². The van der Waals surface area contributed by atoms with Gasteiger partial charge in [0.1, 0.15) is 0 Å². The lowest BCUT2D eigenvalue weighted by atomic mass is 10.2. The fourth-order valence-corrected chi connectivity index (χ4v) is 3.15. The van der Waals surface area contributed by atoms with Crippen LogP contribution in [0.3, 0.4) is 0 Å². The van der Waals surface area contributed by atoms with Gasteiger partial charge < -0.3 is 5.32 Å². The average Bonchev–Trinajstić information content (AvgIpc) is 2.28. The summed E-state index contributed by atoms with van der Waals surface area (Å²) in [5, 5.41) is 3.48. The average molecular weight is 316 g/mol. The number of rotatable bonds is 7. The van der Waals surface area contributed by atoms with Gasteiger partial charge in [0, 0.05) is 22.0 Å². The molecule has 0 saturated carbocycles. The largest absolute Gasteiger partial charge is 0.310 e. The van der Waals surface area contributed by atoms with E-state index in [1.54, 1.807) is 0 Å². The summed E-state index contributed by atoms with van der Waals surface area (Å²) in [5.74, 6) is 1.21. The molecule has 17 heavy (non-hydrogen) atoms. The number of benzene rings is 1. The summed E-state index contributed by atoms with van der Waals surface area (Å²) in [6.45, 7) is 7.56. The van der Waals surface area contributed by atoms with Gasteiger partial charge in [-0.3, -0.25) is 0 Å². The van der Waals surface area contributed by atoms with E-state index < -0.39 is 0 Å². The van der Waals surface area contributed by atoms with Gasteiger partial charge in [0.05, 0.1) is 0 Å². The Morgan fingerprint density at radius 1 is 1.35 bits per heavy atom. The maximum Gasteiger partial charge on any atom is 0.0218 e. The van der Waals surface area contributed by atoms with Crippen LogP contribution in [0.1, 0.15) is 39.2 Å². The molecule has 0 fully saturated rings. The fraction of sp³-hybridized carbons (Fsp3) is 0.571. The number of hydrogen-bond acceptors (Lipinski definition) is 2. The first-order valence-corrected chi connectivity index (χ1v) is 8.06. The summed E-state index contributed by atoms with van der Waals surface area (Å²) in [6, 6.07) is 7.11. The van der Waals surface area contributed by atoms with E-state index in [-0.39, 0.29) is 0 Å². The maximum absolute atomic E-state index is 3.55. The summed E-state index contributed by atoms with van der Waals surface area (Å²) in [6.07, 6.45) is 2.55. The Hall–Kier alpha value is 0.01000. The van der Waals surface area contributed by atoms with Gasteiger partial charge in [-0.15, -0.1) is 11.8 Å². The zero-order chi connectivity index (χ0) is 12.7. The zero-order valence-electron chi connectivity index (χ0n) is 10.9. The lowest BCUT2D eigenvalue weighted by molar-refractivity contribution is 0.584. The highest BCUT2D eigenvalue weighted by Crippen LogP contribution is 2.27. The highest BCUT2D eigenvalue weighted by atomic mass is 79.9. The summed E-state index contributed by atoms with van der Waals surface area (Å²) in [5.41, 5.74) is 1.41. The van der Waals surface area contributed by atoms with Crippen molar-refractivity contribution in [3.8, 4) is 0 Å². The third kappa shape index (κ3) is 5.94. The second-order valence-electron chi connectivity index (χ2n) is 4.49. The van der Waals surface area contributed by atoms with Crippen molar-refractivity contribution in [1.82, 2.24) is 5.32 Å². The molecule has 1 nitrogen and oxygen atoms in total. The van der Waals surface area contributed by atoms with Crippen LogP contribution < -0.4 is 5.32 Å². The van der Waals surface area contributed by atoms with Crippen LogP contribution in [0.25, 0.3) is 0 Å². The molecule has 3 heteroatoms. The number of nitrogens with one attached hydrogen (secondary N) is 1. The standard InChI is InChI=1S/C14H22BrNS/c1-4-5-8-17-14-9-13(15)7-6-12(14)10-16-11(2)3/h6-7,9,11,16H,4-5,8,10H2,1-3H3. The fourth-order valence-electron chi connectivity index (χ4n) is 1.45. The molecule has 0 aliphatic rings. The highest BCUT2D eigenvalue weighted by molar-refractivity contribution is 9.10. The minimum atomic E-state index is 0.534. The molecule has 1 aromatic carbocycles. The molecule has 0 aliphatic heterocycles. The van der Waals surface area contributed by atoms with Crippen LogP contribution >= 0.6 is 27.7 Å². The lowest BCUT2D eigenvalue weighted by Gasteiger charge is -2.12. The first-order valence-electron chi connectivity index (χ1n) is 6.28. The van der Waals surface area contributed by atoms with Crippen LogP contribution in [-0.2, 0) is 6.54 Å². The van der Waals surface area contributed by atoms with Gasteiger partial charge in [-0.05, 0) is 29.9 Å². The lowest BCUT2D eigenvalue weighted by Crippen LogP contribution is -2.22. The van der Waals surface area contributed by atoms with Gasteiger partial charge in [-0.1, -0.05) is 49.2 Å². The van der Waals surface area contributed by atoms with E-state index in [4.69, 9.17) is 0 Å². The molecule has 0 spiro atoms. The topological polar surface area (TPSA) is 12.0 Å². The van der Waals surface area contributed by atoms with Gasteiger partial charge in [0.2, 0.25) is 0 Å². The Kier molecular flexibility index (Phi) is 7.24. The van der Waals surface area contributed by atoms with Crippen molar-refractivity contribution < 1.29 is 0 Å². The minimum Gasteiger partial charge on any atom is -0.310 e. The van der Waals surface area contributed by atoms with Crippen molar-refractivity contribution in [1.29, 1.82) is 0 Å². The van der Waals surface area contributed by atoms with Gasteiger partial charge >= 0.3 is 0 Å². The van der Waals surface area contributed by atoms with E-state index in [0.717, 1.165) is 6.54 Å². The molecule has 0 aliphatic carbocycles. The first kappa shape index (κ1) is 15.1.